The minimum absolute atomic E-state index is 0.0963. The predicted octanol–water partition coefficient (Wildman–Crippen LogP) is 2.40. The summed E-state index contributed by atoms with van der Waals surface area (Å²) < 4.78 is 5.56. The van der Waals surface area contributed by atoms with Gasteiger partial charge in [-0.15, -0.1) is 0 Å². The van der Waals surface area contributed by atoms with Crippen LogP contribution >= 0.6 is 0 Å². The van der Waals surface area contributed by atoms with Crippen molar-refractivity contribution in [2.24, 2.45) is 0 Å². The fraction of sp³-hybridized carbons (Fsp3) is 0.950. The normalized spacial score (nSPS) is 28.6. The molecule has 2 heterocycles. The number of amides is 1. The van der Waals surface area contributed by atoms with Crippen molar-refractivity contribution < 1.29 is 9.53 Å². The van der Waals surface area contributed by atoms with Gasteiger partial charge in [0.15, 0.2) is 0 Å². The third kappa shape index (κ3) is 4.75. The van der Waals surface area contributed by atoms with E-state index in [2.05, 4.69) is 22.0 Å². The van der Waals surface area contributed by atoms with E-state index >= 15 is 0 Å². The Kier molecular flexibility index (Phi) is 7.14. The lowest BCUT2D eigenvalue weighted by Gasteiger charge is -2.48. The van der Waals surface area contributed by atoms with Crippen molar-refractivity contribution in [1.82, 2.24) is 15.1 Å². The first-order valence-corrected chi connectivity index (χ1v) is 10.6. The SMILES string of the molecule is CCCN1CCCCC1C(=O)NCC1(N2CCOCC2)CCCCC1. The van der Waals surface area contributed by atoms with E-state index in [4.69, 9.17) is 4.74 Å². The third-order valence-corrected chi connectivity index (χ3v) is 6.48. The second-order valence-corrected chi connectivity index (χ2v) is 8.15. The molecule has 1 aliphatic carbocycles. The van der Waals surface area contributed by atoms with Crippen LogP contribution in [0, 0.1) is 0 Å². The van der Waals surface area contributed by atoms with Gasteiger partial charge in [0.2, 0.25) is 5.91 Å². The van der Waals surface area contributed by atoms with E-state index in [1.807, 2.05) is 0 Å². The maximum absolute atomic E-state index is 13.0. The Bertz CT molecular complexity index is 415. The third-order valence-electron chi connectivity index (χ3n) is 6.48. The average Bonchev–Trinajstić information content (AvgIpc) is 2.68. The molecule has 2 aliphatic heterocycles. The Balaban J connectivity index is 1.60. The molecule has 5 heteroatoms. The number of carbonyl (C=O) groups is 1. The van der Waals surface area contributed by atoms with E-state index < -0.39 is 0 Å². The number of piperidine rings is 1. The zero-order chi connectivity index (χ0) is 17.5. The van der Waals surface area contributed by atoms with Crippen molar-refractivity contribution in [3.8, 4) is 0 Å². The highest BCUT2D eigenvalue weighted by Gasteiger charge is 2.39. The van der Waals surface area contributed by atoms with E-state index in [1.165, 1.54) is 44.9 Å². The summed E-state index contributed by atoms with van der Waals surface area (Å²) in [4.78, 5) is 18.0. The van der Waals surface area contributed by atoms with Crippen LogP contribution in [0.1, 0.15) is 64.7 Å². The molecule has 1 amide bonds. The summed E-state index contributed by atoms with van der Waals surface area (Å²) in [5, 5.41) is 3.39. The van der Waals surface area contributed by atoms with Crippen LogP contribution in [-0.2, 0) is 9.53 Å². The summed E-state index contributed by atoms with van der Waals surface area (Å²) >= 11 is 0. The average molecular weight is 352 g/mol. The van der Waals surface area contributed by atoms with E-state index in [1.54, 1.807) is 0 Å². The predicted molar refractivity (Wildman–Crippen MR) is 101 cm³/mol. The molecule has 1 saturated carbocycles. The molecule has 25 heavy (non-hydrogen) atoms. The summed E-state index contributed by atoms with van der Waals surface area (Å²) in [7, 11) is 0. The zero-order valence-corrected chi connectivity index (χ0v) is 16.1. The lowest BCUT2D eigenvalue weighted by atomic mass is 9.79. The quantitative estimate of drug-likeness (QED) is 0.798. The van der Waals surface area contributed by atoms with Gasteiger partial charge in [-0.1, -0.05) is 32.6 Å². The maximum atomic E-state index is 13.0. The molecular weight excluding hydrogens is 314 g/mol. The number of nitrogens with one attached hydrogen (secondary N) is 1. The number of hydrogen-bond donors (Lipinski definition) is 1. The molecule has 1 N–H and O–H groups in total. The Morgan fingerprint density at radius 2 is 1.84 bits per heavy atom. The largest absolute Gasteiger partial charge is 0.379 e. The van der Waals surface area contributed by atoms with Crippen LogP contribution in [0.15, 0.2) is 0 Å². The van der Waals surface area contributed by atoms with Crippen LogP contribution in [0.2, 0.25) is 0 Å². The van der Waals surface area contributed by atoms with Gasteiger partial charge in [-0.3, -0.25) is 14.6 Å². The van der Waals surface area contributed by atoms with Crippen molar-refractivity contribution in [3.63, 3.8) is 0 Å². The molecule has 0 radical (unpaired) electrons. The lowest BCUT2D eigenvalue weighted by molar-refractivity contribution is -0.129. The summed E-state index contributed by atoms with van der Waals surface area (Å²) in [5.41, 5.74) is 0.169. The summed E-state index contributed by atoms with van der Waals surface area (Å²) in [6.07, 6.45) is 10.9. The summed E-state index contributed by atoms with van der Waals surface area (Å²) in [6, 6.07) is 0.0963. The van der Waals surface area contributed by atoms with Crippen molar-refractivity contribution in [2.75, 3.05) is 45.9 Å². The van der Waals surface area contributed by atoms with Crippen LogP contribution in [0.25, 0.3) is 0 Å². The Labute approximate surface area is 153 Å². The minimum atomic E-state index is 0.0963. The number of ether oxygens (including phenoxy) is 1. The van der Waals surface area contributed by atoms with E-state index in [9.17, 15) is 4.79 Å². The van der Waals surface area contributed by atoms with Crippen LogP contribution in [0.4, 0.5) is 0 Å². The monoisotopic (exact) mass is 351 g/mol. The molecule has 3 fully saturated rings. The van der Waals surface area contributed by atoms with Crippen molar-refractivity contribution in [3.05, 3.63) is 0 Å². The topological polar surface area (TPSA) is 44.8 Å². The Morgan fingerprint density at radius 1 is 1.08 bits per heavy atom. The summed E-state index contributed by atoms with van der Waals surface area (Å²) in [5.74, 6) is 0.270. The highest BCUT2D eigenvalue weighted by molar-refractivity contribution is 5.81. The Hall–Kier alpha value is -0.650. The van der Waals surface area contributed by atoms with E-state index in [-0.39, 0.29) is 17.5 Å². The number of nitrogens with zero attached hydrogens (tertiary/aromatic N) is 2. The molecule has 0 bridgehead atoms. The molecule has 1 unspecified atom stereocenters. The maximum Gasteiger partial charge on any atom is 0.237 e. The highest BCUT2D eigenvalue weighted by atomic mass is 16.5. The van der Waals surface area contributed by atoms with Gasteiger partial charge in [-0.05, 0) is 45.2 Å². The second-order valence-electron chi connectivity index (χ2n) is 8.15. The van der Waals surface area contributed by atoms with E-state index in [0.29, 0.717) is 0 Å². The van der Waals surface area contributed by atoms with Crippen molar-refractivity contribution in [2.45, 2.75) is 76.3 Å². The first kappa shape index (κ1) is 19.1. The van der Waals surface area contributed by atoms with Crippen molar-refractivity contribution in [1.29, 1.82) is 0 Å². The number of rotatable bonds is 6. The molecule has 0 aromatic carbocycles. The molecular formula is C20H37N3O2. The Morgan fingerprint density at radius 3 is 2.56 bits per heavy atom. The van der Waals surface area contributed by atoms with Gasteiger partial charge in [0.25, 0.3) is 0 Å². The summed E-state index contributed by atoms with van der Waals surface area (Å²) in [6.45, 7) is 8.86. The van der Waals surface area contributed by atoms with Crippen LogP contribution in [-0.4, -0.2) is 73.2 Å². The molecule has 2 saturated heterocycles. The van der Waals surface area contributed by atoms with Crippen LogP contribution in [0.3, 0.4) is 0 Å². The molecule has 3 rings (SSSR count). The fourth-order valence-electron chi connectivity index (χ4n) is 5.06. The first-order chi connectivity index (χ1) is 12.2. The number of likely N-dealkylation sites (tertiary alicyclic amines) is 1. The molecule has 0 aromatic heterocycles. The molecule has 3 aliphatic rings. The lowest BCUT2D eigenvalue weighted by Crippen LogP contribution is -2.61. The van der Waals surface area contributed by atoms with Gasteiger partial charge < -0.3 is 10.1 Å². The van der Waals surface area contributed by atoms with Crippen molar-refractivity contribution >= 4 is 5.91 Å². The van der Waals surface area contributed by atoms with Gasteiger partial charge in [0, 0.05) is 25.2 Å². The number of morpholine rings is 1. The highest BCUT2D eigenvalue weighted by Crippen LogP contribution is 2.34. The van der Waals surface area contributed by atoms with Gasteiger partial charge in [-0.25, -0.2) is 0 Å². The molecule has 0 aromatic rings. The zero-order valence-electron chi connectivity index (χ0n) is 16.1. The fourth-order valence-corrected chi connectivity index (χ4v) is 5.06. The molecule has 1 atom stereocenters. The van der Waals surface area contributed by atoms with Gasteiger partial charge >= 0.3 is 0 Å². The van der Waals surface area contributed by atoms with Gasteiger partial charge in [-0.2, -0.15) is 0 Å². The standard InChI is InChI=1S/C20H37N3O2/c1-2-11-22-12-7-4-8-18(22)19(24)21-17-20(9-5-3-6-10-20)23-13-15-25-16-14-23/h18H,2-17H2,1H3,(H,21,24). The molecule has 0 spiro atoms. The smallest absolute Gasteiger partial charge is 0.237 e. The van der Waals surface area contributed by atoms with Gasteiger partial charge in [0.05, 0.1) is 19.3 Å². The second kappa shape index (κ2) is 9.33. The van der Waals surface area contributed by atoms with E-state index in [0.717, 1.165) is 58.8 Å². The van der Waals surface area contributed by atoms with Crippen LogP contribution in [0.5, 0.6) is 0 Å². The number of hydrogen-bond acceptors (Lipinski definition) is 4. The van der Waals surface area contributed by atoms with Crippen LogP contribution < -0.4 is 5.32 Å². The number of carbonyl (C=O) groups excluding carboxylic acids is 1. The minimum Gasteiger partial charge on any atom is -0.379 e. The van der Waals surface area contributed by atoms with Gasteiger partial charge in [0.1, 0.15) is 0 Å². The molecule has 144 valence electrons. The molecule has 5 nitrogen and oxygen atoms in total. The first-order valence-electron chi connectivity index (χ1n) is 10.6.